The fraction of sp³-hybridized carbons (Fsp3) is 0.417. The monoisotopic (exact) mass is 224 g/mol. The van der Waals surface area contributed by atoms with Gasteiger partial charge in [0.15, 0.2) is 5.79 Å². The van der Waals surface area contributed by atoms with E-state index in [1.807, 2.05) is 0 Å². The van der Waals surface area contributed by atoms with E-state index < -0.39 is 11.8 Å². The zero-order chi connectivity index (χ0) is 12.0. The Morgan fingerprint density at radius 2 is 1.94 bits per heavy atom. The summed E-state index contributed by atoms with van der Waals surface area (Å²) in [6.45, 7) is 1.65. The Morgan fingerprint density at radius 3 is 2.50 bits per heavy atom. The number of ether oxygens (including phenoxy) is 1. The maximum atomic E-state index is 11.4. The molecule has 0 aliphatic heterocycles. The molecule has 0 aliphatic carbocycles. The van der Waals surface area contributed by atoms with Gasteiger partial charge in [0.2, 0.25) is 0 Å². The van der Waals surface area contributed by atoms with Crippen molar-refractivity contribution in [2.45, 2.75) is 25.6 Å². The molecule has 0 unspecified atom stereocenters. The summed E-state index contributed by atoms with van der Waals surface area (Å²) in [6.07, 6.45) is 0.220. The highest BCUT2D eigenvalue weighted by molar-refractivity contribution is 5.89. The Balaban J connectivity index is 2.37. The molecule has 4 heteroatoms. The second-order valence-electron chi connectivity index (χ2n) is 3.59. The van der Waals surface area contributed by atoms with Gasteiger partial charge in [-0.2, -0.15) is 0 Å². The first-order valence-electron chi connectivity index (χ1n) is 5.22. The number of aliphatic hydroxyl groups is 2. The van der Waals surface area contributed by atoms with Crippen LogP contribution in [0.15, 0.2) is 30.3 Å². The fourth-order valence-corrected chi connectivity index (χ4v) is 1.14. The Labute approximate surface area is 94.5 Å². The van der Waals surface area contributed by atoms with E-state index in [1.165, 1.54) is 0 Å². The van der Waals surface area contributed by atoms with Crippen molar-refractivity contribution in [1.82, 2.24) is 0 Å². The number of esters is 1. The van der Waals surface area contributed by atoms with E-state index in [2.05, 4.69) is 0 Å². The van der Waals surface area contributed by atoms with Crippen molar-refractivity contribution in [2.75, 3.05) is 6.61 Å². The molecular formula is C12H16O4. The molecule has 4 nitrogen and oxygen atoms in total. The molecular weight excluding hydrogens is 208 g/mol. The minimum Gasteiger partial charge on any atom is -0.462 e. The number of hydrogen-bond acceptors (Lipinski definition) is 4. The highest BCUT2D eigenvalue weighted by Crippen LogP contribution is 2.11. The van der Waals surface area contributed by atoms with Crippen molar-refractivity contribution in [3.8, 4) is 0 Å². The van der Waals surface area contributed by atoms with Crippen molar-refractivity contribution in [3.63, 3.8) is 0 Å². The van der Waals surface area contributed by atoms with Crippen LogP contribution in [0.3, 0.4) is 0 Å². The average Bonchev–Trinajstić information content (AvgIpc) is 2.30. The molecule has 16 heavy (non-hydrogen) atoms. The highest BCUT2D eigenvalue weighted by atomic mass is 16.5. The molecule has 0 saturated heterocycles. The lowest BCUT2D eigenvalue weighted by Gasteiger charge is -2.19. The lowest BCUT2D eigenvalue weighted by Crippen LogP contribution is -2.29. The van der Waals surface area contributed by atoms with Gasteiger partial charge >= 0.3 is 5.97 Å². The van der Waals surface area contributed by atoms with Crippen LogP contribution in [0.4, 0.5) is 0 Å². The van der Waals surface area contributed by atoms with Gasteiger partial charge in [-0.05, 0) is 18.6 Å². The van der Waals surface area contributed by atoms with Crippen LogP contribution in [0, 0.1) is 0 Å². The van der Waals surface area contributed by atoms with E-state index in [4.69, 9.17) is 4.74 Å². The zero-order valence-electron chi connectivity index (χ0n) is 9.22. The van der Waals surface area contributed by atoms with Crippen molar-refractivity contribution >= 4 is 5.97 Å². The standard InChI is InChI=1S/C12H16O4/c1-2-12(14,15)8-9-16-11(13)10-6-4-3-5-7-10/h3-7,14-15H,2,8-9H2,1H3. The summed E-state index contributed by atoms with van der Waals surface area (Å²) in [5.41, 5.74) is 0.459. The van der Waals surface area contributed by atoms with Crippen molar-refractivity contribution in [3.05, 3.63) is 35.9 Å². The smallest absolute Gasteiger partial charge is 0.338 e. The number of carbonyl (C=O) groups is 1. The summed E-state index contributed by atoms with van der Waals surface area (Å²) in [7, 11) is 0. The minimum atomic E-state index is -1.75. The molecule has 0 fully saturated rings. The second-order valence-corrected chi connectivity index (χ2v) is 3.59. The first kappa shape index (κ1) is 12.7. The molecule has 1 aromatic carbocycles. The number of benzene rings is 1. The molecule has 0 heterocycles. The van der Waals surface area contributed by atoms with Crippen LogP contribution in [-0.2, 0) is 4.74 Å². The summed E-state index contributed by atoms with van der Waals surface area (Å²) < 4.78 is 4.91. The van der Waals surface area contributed by atoms with E-state index >= 15 is 0 Å². The van der Waals surface area contributed by atoms with E-state index in [9.17, 15) is 15.0 Å². The molecule has 0 aromatic heterocycles. The van der Waals surface area contributed by atoms with Crippen LogP contribution in [0.25, 0.3) is 0 Å². The Bertz CT molecular complexity index is 332. The third kappa shape index (κ3) is 4.00. The quantitative estimate of drug-likeness (QED) is 0.585. The Morgan fingerprint density at radius 1 is 1.31 bits per heavy atom. The molecule has 1 rings (SSSR count). The topological polar surface area (TPSA) is 66.8 Å². The summed E-state index contributed by atoms with van der Waals surface area (Å²) in [5, 5.41) is 18.5. The molecule has 2 N–H and O–H groups in total. The lowest BCUT2D eigenvalue weighted by atomic mass is 10.1. The van der Waals surface area contributed by atoms with Gasteiger partial charge in [0.05, 0.1) is 12.2 Å². The zero-order valence-corrected chi connectivity index (χ0v) is 9.22. The molecule has 88 valence electrons. The third-order valence-electron chi connectivity index (χ3n) is 2.31. The van der Waals surface area contributed by atoms with Gasteiger partial charge in [0.1, 0.15) is 0 Å². The van der Waals surface area contributed by atoms with Gasteiger partial charge < -0.3 is 14.9 Å². The summed E-state index contributed by atoms with van der Waals surface area (Å²) in [4.78, 5) is 11.4. The molecule has 0 radical (unpaired) electrons. The van der Waals surface area contributed by atoms with Gasteiger partial charge in [-0.25, -0.2) is 4.79 Å². The summed E-state index contributed by atoms with van der Waals surface area (Å²) in [5.74, 6) is -2.20. The first-order valence-corrected chi connectivity index (χ1v) is 5.22. The Hall–Kier alpha value is -1.39. The number of hydrogen-bond donors (Lipinski definition) is 2. The maximum absolute atomic E-state index is 11.4. The number of rotatable bonds is 5. The predicted molar refractivity (Wildman–Crippen MR) is 58.8 cm³/mol. The van der Waals surface area contributed by atoms with Crippen LogP contribution >= 0.6 is 0 Å². The van der Waals surface area contributed by atoms with Crippen LogP contribution in [-0.4, -0.2) is 28.6 Å². The molecule has 0 amide bonds. The van der Waals surface area contributed by atoms with Crippen molar-refractivity contribution < 1.29 is 19.7 Å². The molecule has 0 atom stereocenters. The SMILES string of the molecule is CCC(O)(O)CCOC(=O)c1ccccc1. The first-order chi connectivity index (χ1) is 7.55. The lowest BCUT2D eigenvalue weighted by molar-refractivity contribution is -0.172. The molecule has 0 saturated carbocycles. The average molecular weight is 224 g/mol. The van der Waals surface area contributed by atoms with Crippen LogP contribution < -0.4 is 0 Å². The molecule has 0 spiro atoms. The van der Waals surface area contributed by atoms with Gasteiger partial charge in [-0.3, -0.25) is 0 Å². The van der Waals surface area contributed by atoms with E-state index in [0.29, 0.717) is 5.56 Å². The van der Waals surface area contributed by atoms with E-state index in [1.54, 1.807) is 37.3 Å². The van der Waals surface area contributed by atoms with E-state index in [-0.39, 0.29) is 19.4 Å². The normalized spacial score (nSPS) is 11.2. The largest absolute Gasteiger partial charge is 0.462 e. The molecule has 1 aromatic rings. The predicted octanol–water partition coefficient (Wildman–Crippen LogP) is 1.32. The number of carbonyl (C=O) groups excluding carboxylic acids is 1. The van der Waals surface area contributed by atoms with Crippen molar-refractivity contribution in [1.29, 1.82) is 0 Å². The summed E-state index contributed by atoms with van der Waals surface area (Å²) >= 11 is 0. The minimum absolute atomic E-state index is 0.00539. The van der Waals surface area contributed by atoms with Crippen LogP contribution in [0.5, 0.6) is 0 Å². The van der Waals surface area contributed by atoms with Crippen molar-refractivity contribution in [2.24, 2.45) is 0 Å². The van der Waals surface area contributed by atoms with Gasteiger partial charge in [-0.1, -0.05) is 25.1 Å². The third-order valence-corrected chi connectivity index (χ3v) is 2.31. The Kier molecular flexibility index (Phi) is 4.46. The van der Waals surface area contributed by atoms with E-state index in [0.717, 1.165) is 0 Å². The summed E-state index contributed by atoms with van der Waals surface area (Å²) in [6, 6.07) is 8.58. The highest BCUT2D eigenvalue weighted by Gasteiger charge is 2.20. The van der Waals surface area contributed by atoms with Gasteiger partial charge in [0.25, 0.3) is 0 Å². The fourth-order valence-electron chi connectivity index (χ4n) is 1.14. The van der Waals surface area contributed by atoms with Gasteiger partial charge in [0, 0.05) is 6.42 Å². The van der Waals surface area contributed by atoms with Crippen LogP contribution in [0.1, 0.15) is 30.1 Å². The molecule has 0 aliphatic rings. The second kappa shape index (κ2) is 5.63. The van der Waals surface area contributed by atoms with Gasteiger partial charge in [-0.15, -0.1) is 0 Å². The maximum Gasteiger partial charge on any atom is 0.338 e. The van der Waals surface area contributed by atoms with Crippen LogP contribution in [0.2, 0.25) is 0 Å². The molecule has 0 bridgehead atoms.